The molecule has 0 radical (unpaired) electrons. The molecule has 0 aliphatic rings. The van der Waals surface area contributed by atoms with Crippen molar-refractivity contribution < 1.29 is 5.11 Å². The molecule has 0 heterocycles. The zero-order chi connectivity index (χ0) is 13.8. The summed E-state index contributed by atoms with van der Waals surface area (Å²) < 4.78 is 0. The number of aromatic hydroxyl groups is 1. The van der Waals surface area contributed by atoms with Crippen molar-refractivity contribution in [1.82, 2.24) is 5.32 Å². The van der Waals surface area contributed by atoms with Gasteiger partial charge in [-0.05, 0) is 42.3 Å². The lowest BCUT2D eigenvalue weighted by Crippen LogP contribution is -2.18. The van der Waals surface area contributed by atoms with Crippen LogP contribution in [0.5, 0.6) is 5.75 Å². The normalized spacial score (nSPS) is 12.4. The second-order valence-corrected chi connectivity index (χ2v) is 5.28. The molecule has 0 saturated carbocycles. The maximum atomic E-state index is 9.46. The average Bonchev–Trinajstić information content (AvgIpc) is 2.37. The first-order valence-electron chi connectivity index (χ1n) is 6.02. The van der Waals surface area contributed by atoms with Gasteiger partial charge in [-0.1, -0.05) is 41.4 Å². The van der Waals surface area contributed by atoms with E-state index in [1.807, 2.05) is 31.2 Å². The highest BCUT2D eigenvalue weighted by Gasteiger charge is 2.07. The Balaban J connectivity index is 2.02. The molecule has 4 heteroatoms. The predicted molar refractivity (Wildman–Crippen MR) is 79.8 cm³/mol. The lowest BCUT2D eigenvalue weighted by molar-refractivity contribution is 0.472. The van der Waals surface area contributed by atoms with E-state index in [4.69, 9.17) is 23.2 Å². The van der Waals surface area contributed by atoms with Crippen LogP contribution in [0.15, 0.2) is 42.5 Å². The summed E-state index contributed by atoms with van der Waals surface area (Å²) in [5.41, 5.74) is 2.03. The molecule has 0 aliphatic heterocycles. The van der Waals surface area contributed by atoms with Crippen molar-refractivity contribution in [1.29, 1.82) is 0 Å². The second-order valence-electron chi connectivity index (χ2n) is 4.43. The van der Waals surface area contributed by atoms with Crippen molar-refractivity contribution in [3.8, 4) is 5.75 Å². The Kier molecular flexibility index (Phi) is 4.70. The van der Waals surface area contributed by atoms with Gasteiger partial charge >= 0.3 is 0 Å². The number of nitrogens with one attached hydrogen (secondary N) is 1. The molecule has 2 aromatic carbocycles. The molecular weight excluding hydrogens is 281 g/mol. The number of benzene rings is 2. The minimum Gasteiger partial charge on any atom is -0.508 e. The van der Waals surface area contributed by atoms with Gasteiger partial charge in [0.05, 0.1) is 0 Å². The average molecular weight is 296 g/mol. The quantitative estimate of drug-likeness (QED) is 0.867. The van der Waals surface area contributed by atoms with Gasteiger partial charge in [0.1, 0.15) is 5.75 Å². The van der Waals surface area contributed by atoms with Crippen molar-refractivity contribution in [3.05, 3.63) is 63.6 Å². The molecule has 100 valence electrons. The third kappa shape index (κ3) is 3.87. The van der Waals surface area contributed by atoms with Crippen LogP contribution >= 0.6 is 23.2 Å². The first-order chi connectivity index (χ1) is 9.06. The van der Waals surface area contributed by atoms with Crippen molar-refractivity contribution in [2.45, 2.75) is 19.5 Å². The van der Waals surface area contributed by atoms with Gasteiger partial charge in [0.15, 0.2) is 0 Å². The molecule has 2 N–H and O–H groups in total. The fourth-order valence-electron chi connectivity index (χ4n) is 1.84. The van der Waals surface area contributed by atoms with E-state index in [0.29, 0.717) is 16.6 Å². The molecule has 1 unspecified atom stereocenters. The van der Waals surface area contributed by atoms with Crippen LogP contribution in [0.25, 0.3) is 0 Å². The zero-order valence-electron chi connectivity index (χ0n) is 10.5. The number of rotatable bonds is 4. The lowest BCUT2D eigenvalue weighted by atomic mass is 10.1. The molecular formula is C15H15Cl2NO. The van der Waals surface area contributed by atoms with Gasteiger partial charge in [-0.3, -0.25) is 0 Å². The Morgan fingerprint density at radius 1 is 1.16 bits per heavy atom. The van der Waals surface area contributed by atoms with E-state index in [1.54, 1.807) is 18.2 Å². The molecule has 0 spiro atoms. The largest absolute Gasteiger partial charge is 0.508 e. The van der Waals surface area contributed by atoms with Gasteiger partial charge < -0.3 is 10.4 Å². The summed E-state index contributed by atoms with van der Waals surface area (Å²) in [5.74, 6) is 0.274. The van der Waals surface area contributed by atoms with Gasteiger partial charge in [-0.25, -0.2) is 0 Å². The minimum atomic E-state index is 0.124. The summed E-state index contributed by atoms with van der Waals surface area (Å²) in [6.07, 6.45) is 0. The highest BCUT2D eigenvalue weighted by atomic mass is 35.5. The summed E-state index contributed by atoms with van der Waals surface area (Å²) in [4.78, 5) is 0. The predicted octanol–water partition coefficient (Wildman–Crippen LogP) is 4.55. The molecule has 2 aromatic rings. The van der Waals surface area contributed by atoms with E-state index in [9.17, 15) is 5.11 Å². The molecule has 0 fully saturated rings. The third-order valence-electron chi connectivity index (χ3n) is 2.98. The molecule has 0 bridgehead atoms. The molecule has 2 nitrogen and oxygen atoms in total. The monoisotopic (exact) mass is 295 g/mol. The number of phenolic OH excluding ortho intramolecular Hbond substituents is 1. The highest BCUT2D eigenvalue weighted by Crippen LogP contribution is 2.22. The number of halogens is 2. The summed E-state index contributed by atoms with van der Waals surface area (Å²) in [7, 11) is 0. The van der Waals surface area contributed by atoms with Crippen LogP contribution in [-0.2, 0) is 6.54 Å². The Morgan fingerprint density at radius 3 is 2.63 bits per heavy atom. The molecule has 0 aliphatic carbocycles. The second kappa shape index (κ2) is 6.29. The summed E-state index contributed by atoms with van der Waals surface area (Å²) in [5, 5.41) is 14.1. The van der Waals surface area contributed by atoms with Crippen LogP contribution < -0.4 is 5.32 Å². The highest BCUT2D eigenvalue weighted by molar-refractivity contribution is 6.35. The number of phenols is 1. The summed E-state index contributed by atoms with van der Waals surface area (Å²) in [6, 6.07) is 12.8. The van der Waals surface area contributed by atoms with Gasteiger partial charge in [-0.15, -0.1) is 0 Å². The van der Waals surface area contributed by atoms with E-state index < -0.39 is 0 Å². The topological polar surface area (TPSA) is 32.3 Å². The van der Waals surface area contributed by atoms with Crippen molar-refractivity contribution in [3.63, 3.8) is 0 Å². The van der Waals surface area contributed by atoms with E-state index in [-0.39, 0.29) is 11.8 Å². The maximum absolute atomic E-state index is 9.46. The zero-order valence-corrected chi connectivity index (χ0v) is 12.0. The van der Waals surface area contributed by atoms with Crippen LogP contribution in [-0.4, -0.2) is 5.11 Å². The Bertz CT molecular complexity index is 572. The third-order valence-corrected chi connectivity index (χ3v) is 3.57. The molecule has 0 amide bonds. The van der Waals surface area contributed by atoms with Gasteiger partial charge in [0, 0.05) is 22.6 Å². The Hall–Kier alpha value is -1.22. The van der Waals surface area contributed by atoms with E-state index in [0.717, 1.165) is 11.1 Å². The van der Waals surface area contributed by atoms with Crippen molar-refractivity contribution >= 4 is 23.2 Å². The summed E-state index contributed by atoms with van der Waals surface area (Å²) >= 11 is 12.0. The molecule has 0 saturated heterocycles. The molecule has 2 rings (SSSR count). The molecule has 19 heavy (non-hydrogen) atoms. The van der Waals surface area contributed by atoms with Gasteiger partial charge in [0.25, 0.3) is 0 Å². The number of hydrogen-bond acceptors (Lipinski definition) is 2. The van der Waals surface area contributed by atoms with E-state index in [1.165, 1.54) is 0 Å². The van der Waals surface area contributed by atoms with Crippen LogP contribution in [0.4, 0.5) is 0 Å². The van der Waals surface area contributed by atoms with E-state index >= 15 is 0 Å². The van der Waals surface area contributed by atoms with Crippen molar-refractivity contribution in [2.75, 3.05) is 0 Å². The Labute approximate surface area is 123 Å². The van der Waals surface area contributed by atoms with Crippen LogP contribution in [0.2, 0.25) is 10.0 Å². The van der Waals surface area contributed by atoms with E-state index in [2.05, 4.69) is 5.32 Å². The van der Waals surface area contributed by atoms with Crippen LogP contribution in [0.1, 0.15) is 24.1 Å². The fraction of sp³-hybridized carbons (Fsp3) is 0.200. The van der Waals surface area contributed by atoms with Crippen molar-refractivity contribution in [2.24, 2.45) is 0 Å². The fourth-order valence-corrected chi connectivity index (χ4v) is 2.32. The lowest BCUT2D eigenvalue weighted by Gasteiger charge is -2.15. The summed E-state index contributed by atoms with van der Waals surface area (Å²) in [6.45, 7) is 2.69. The maximum Gasteiger partial charge on any atom is 0.115 e. The first-order valence-corrected chi connectivity index (χ1v) is 6.78. The Morgan fingerprint density at radius 2 is 1.95 bits per heavy atom. The standard InChI is InChI=1S/C15H15Cl2NO/c1-10(11-3-2-4-14(19)7-11)18-9-12-5-6-13(16)8-15(12)17/h2-8,10,18-19H,9H2,1H3. The smallest absolute Gasteiger partial charge is 0.115 e. The SMILES string of the molecule is CC(NCc1ccc(Cl)cc1Cl)c1cccc(O)c1. The minimum absolute atomic E-state index is 0.124. The molecule has 0 aromatic heterocycles. The molecule has 1 atom stereocenters. The van der Waals surface area contributed by atoms with Gasteiger partial charge in [-0.2, -0.15) is 0 Å². The first kappa shape index (κ1) is 14.2. The number of hydrogen-bond donors (Lipinski definition) is 2. The van der Waals surface area contributed by atoms with Crippen LogP contribution in [0.3, 0.4) is 0 Å². The van der Waals surface area contributed by atoms with Crippen LogP contribution in [0, 0.1) is 0 Å². The van der Waals surface area contributed by atoms with Gasteiger partial charge in [0.2, 0.25) is 0 Å².